The third-order valence-electron chi connectivity index (χ3n) is 6.93. The van der Waals surface area contributed by atoms with Gasteiger partial charge in [0.1, 0.15) is 12.4 Å². The van der Waals surface area contributed by atoms with Crippen molar-refractivity contribution in [3.8, 4) is 16.9 Å². The Hall–Kier alpha value is -3.20. The Bertz CT molecular complexity index is 1320. The minimum Gasteiger partial charge on any atom is -0.488 e. The molecule has 1 unspecified atom stereocenters. The van der Waals surface area contributed by atoms with Crippen LogP contribution in [-0.2, 0) is 16.7 Å². The molecular formula is C27H25ClF2N2O4. The van der Waals surface area contributed by atoms with Gasteiger partial charge in [0.25, 0.3) is 0 Å². The average Bonchev–Trinajstić information content (AvgIpc) is 3.24. The maximum atomic E-state index is 16.0. The summed E-state index contributed by atoms with van der Waals surface area (Å²) >= 11 is 6.54. The van der Waals surface area contributed by atoms with Gasteiger partial charge < -0.3 is 24.8 Å². The molecule has 6 nitrogen and oxygen atoms in total. The van der Waals surface area contributed by atoms with Gasteiger partial charge in [-0.3, -0.25) is 0 Å². The molecule has 1 fully saturated rings. The van der Waals surface area contributed by atoms with Gasteiger partial charge in [-0.05, 0) is 29.3 Å². The Kier molecular flexibility index (Phi) is 6.59. The number of anilines is 1. The predicted molar refractivity (Wildman–Crippen MR) is 133 cm³/mol. The van der Waals surface area contributed by atoms with E-state index in [2.05, 4.69) is 10.2 Å². The molecule has 0 aliphatic carbocycles. The van der Waals surface area contributed by atoms with Crippen molar-refractivity contribution < 1.29 is 28.2 Å². The van der Waals surface area contributed by atoms with Crippen LogP contribution in [0, 0.1) is 11.6 Å². The van der Waals surface area contributed by atoms with Crippen LogP contribution < -0.4 is 15.0 Å². The standard InChI is InChI=1S/C27H25ClF2N2O4/c1-35-26(34)17-7-8-21(36-12-11-33)25(30)23(17)22-18-14-27(16-5-3-2-4-6-16)15-31-9-10-32(27)20(18)13-19(29)24(22)28/h2-8,13,31,33H,9-12,14-15H2,1H3. The summed E-state index contributed by atoms with van der Waals surface area (Å²) in [5.74, 6) is -2.57. The van der Waals surface area contributed by atoms with Gasteiger partial charge in [0.05, 0.1) is 29.8 Å². The number of carbonyl (C=O) groups is 1. The second-order valence-corrected chi connectivity index (χ2v) is 9.19. The van der Waals surface area contributed by atoms with E-state index in [1.807, 2.05) is 30.3 Å². The summed E-state index contributed by atoms with van der Waals surface area (Å²) in [5.41, 5.74) is 1.55. The number of nitrogens with one attached hydrogen (secondary N) is 1. The van der Waals surface area contributed by atoms with Gasteiger partial charge in [-0.25, -0.2) is 13.6 Å². The summed E-state index contributed by atoms with van der Waals surface area (Å²) in [4.78, 5) is 14.8. The van der Waals surface area contributed by atoms with E-state index in [9.17, 15) is 4.79 Å². The Morgan fingerprint density at radius 2 is 1.97 bits per heavy atom. The number of rotatable bonds is 6. The first-order valence-electron chi connectivity index (χ1n) is 11.6. The van der Waals surface area contributed by atoms with Crippen molar-refractivity contribution in [1.29, 1.82) is 0 Å². The van der Waals surface area contributed by atoms with Crippen LogP contribution in [0.3, 0.4) is 0 Å². The number of halogens is 3. The number of aliphatic hydroxyl groups excluding tert-OH is 1. The number of piperazine rings is 1. The second kappa shape index (κ2) is 9.69. The molecule has 2 N–H and O–H groups in total. The SMILES string of the molecule is COC(=O)c1ccc(OCCO)c(F)c1-c1c(Cl)c(F)cc2c1CC1(c3ccccc3)CNCCN21. The number of ether oxygens (including phenoxy) is 2. The number of nitrogens with zero attached hydrogens (tertiary/aromatic N) is 1. The van der Waals surface area contributed by atoms with Crippen molar-refractivity contribution in [3.63, 3.8) is 0 Å². The normalized spacial score (nSPS) is 18.5. The highest BCUT2D eigenvalue weighted by Gasteiger charge is 2.48. The topological polar surface area (TPSA) is 71.0 Å². The van der Waals surface area contributed by atoms with Crippen LogP contribution in [0.1, 0.15) is 21.5 Å². The van der Waals surface area contributed by atoms with Crippen LogP contribution in [0.25, 0.3) is 11.1 Å². The van der Waals surface area contributed by atoms with Crippen molar-refractivity contribution in [1.82, 2.24) is 5.32 Å². The number of benzene rings is 3. The number of esters is 1. The Morgan fingerprint density at radius 3 is 2.69 bits per heavy atom. The summed E-state index contributed by atoms with van der Waals surface area (Å²) in [5, 5.41) is 12.3. The molecule has 9 heteroatoms. The van der Waals surface area contributed by atoms with Crippen molar-refractivity contribution in [3.05, 3.63) is 81.9 Å². The average molecular weight is 515 g/mol. The van der Waals surface area contributed by atoms with Gasteiger partial charge in [-0.1, -0.05) is 41.9 Å². The van der Waals surface area contributed by atoms with Gasteiger partial charge in [0.15, 0.2) is 11.6 Å². The highest BCUT2D eigenvalue weighted by molar-refractivity contribution is 6.34. The van der Waals surface area contributed by atoms with Crippen molar-refractivity contribution in [2.45, 2.75) is 12.0 Å². The third kappa shape index (κ3) is 3.80. The lowest BCUT2D eigenvalue weighted by atomic mass is 9.83. The van der Waals surface area contributed by atoms with E-state index in [0.717, 1.165) is 5.56 Å². The molecule has 36 heavy (non-hydrogen) atoms. The minimum absolute atomic E-state index is 0.0993. The quantitative estimate of drug-likeness (QED) is 0.478. The summed E-state index contributed by atoms with van der Waals surface area (Å²) in [7, 11) is 1.19. The molecule has 1 atom stereocenters. The van der Waals surface area contributed by atoms with E-state index in [0.29, 0.717) is 37.3 Å². The molecule has 1 saturated heterocycles. The van der Waals surface area contributed by atoms with Crippen LogP contribution in [0.5, 0.6) is 5.75 Å². The van der Waals surface area contributed by atoms with Gasteiger partial charge in [-0.15, -0.1) is 0 Å². The predicted octanol–water partition coefficient (Wildman–Crippen LogP) is 4.30. The van der Waals surface area contributed by atoms with Crippen LogP contribution in [-0.4, -0.2) is 51.0 Å². The molecule has 0 bridgehead atoms. The molecule has 2 heterocycles. The second-order valence-electron chi connectivity index (χ2n) is 8.81. The lowest BCUT2D eigenvalue weighted by molar-refractivity contribution is 0.0601. The molecule has 5 rings (SSSR count). The first kappa shape index (κ1) is 24.5. The van der Waals surface area contributed by atoms with Crippen LogP contribution in [0.4, 0.5) is 14.5 Å². The molecule has 2 aliphatic heterocycles. The third-order valence-corrected chi connectivity index (χ3v) is 7.30. The highest BCUT2D eigenvalue weighted by atomic mass is 35.5. The van der Waals surface area contributed by atoms with E-state index >= 15 is 8.78 Å². The molecule has 3 aromatic rings. The molecule has 2 aliphatic rings. The van der Waals surface area contributed by atoms with E-state index in [1.165, 1.54) is 25.3 Å². The van der Waals surface area contributed by atoms with E-state index in [-0.39, 0.29) is 40.7 Å². The smallest absolute Gasteiger partial charge is 0.338 e. The van der Waals surface area contributed by atoms with Crippen molar-refractivity contribution in [2.24, 2.45) is 0 Å². The van der Waals surface area contributed by atoms with Crippen LogP contribution >= 0.6 is 11.6 Å². The Balaban J connectivity index is 1.78. The first-order valence-corrected chi connectivity index (χ1v) is 12.0. The molecule has 188 valence electrons. The zero-order valence-electron chi connectivity index (χ0n) is 19.6. The fraction of sp³-hybridized carbons (Fsp3) is 0.296. The van der Waals surface area contributed by atoms with Gasteiger partial charge in [-0.2, -0.15) is 0 Å². The zero-order chi connectivity index (χ0) is 25.4. The fourth-order valence-electron chi connectivity index (χ4n) is 5.38. The highest BCUT2D eigenvalue weighted by Crippen LogP contribution is 2.52. The summed E-state index contributed by atoms with van der Waals surface area (Å²) in [6.07, 6.45) is 0.413. The zero-order valence-corrected chi connectivity index (χ0v) is 20.4. The summed E-state index contributed by atoms with van der Waals surface area (Å²) in [6.45, 7) is 1.41. The molecule has 0 radical (unpaired) electrons. The molecule has 0 aromatic heterocycles. The number of fused-ring (bicyclic) bond motifs is 3. The molecule has 0 amide bonds. The lowest BCUT2D eigenvalue weighted by Gasteiger charge is -2.45. The summed E-state index contributed by atoms with van der Waals surface area (Å²) in [6, 6.07) is 13.9. The van der Waals surface area contributed by atoms with Crippen molar-refractivity contribution in [2.75, 3.05) is 44.9 Å². The fourth-order valence-corrected chi connectivity index (χ4v) is 5.65. The van der Waals surface area contributed by atoms with E-state index in [4.69, 9.17) is 26.2 Å². The number of hydrogen-bond donors (Lipinski definition) is 2. The lowest BCUT2D eigenvalue weighted by Crippen LogP contribution is -2.57. The van der Waals surface area contributed by atoms with Crippen LogP contribution in [0.2, 0.25) is 5.02 Å². The van der Waals surface area contributed by atoms with E-state index in [1.54, 1.807) is 0 Å². The van der Waals surface area contributed by atoms with Crippen molar-refractivity contribution >= 4 is 23.3 Å². The van der Waals surface area contributed by atoms with E-state index < -0.39 is 23.1 Å². The molecule has 0 saturated carbocycles. The number of carbonyl (C=O) groups excluding carboxylic acids is 1. The van der Waals surface area contributed by atoms with Gasteiger partial charge >= 0.3 is 5.97 Å². The minimum atomic E-state index is -0.877. The van der Waals surface area contributed by atoms with Crippen LogP contribution in [0.15, 0.2) is 48.5 Å². The number of aliphatic hydroxyl groups is 1. The number of methoxy groups -OCH3 is 1. The Morgan fingerprint density at radius 1 is 1.19 bits per heavy atom. The molecular weight excluding hydrogens is 490 g/mol. The maximum absolute atomic E-state index is 16.0. The molecule has 0 spiro atoms. The molecule has 3 aromatic carbocycles. The largest absolute Gasteiger partial charge is 0.488 e. The number of hydrogen-bond acceptors (Lipinski definition) is 6. The summed E-state index contributed by atoms with van der Waals surface area (Å²) < 4.78 is 41.6. The Labute approximate surface area is 212 Å². The van der Waals surface area contributed by atoms with Gasteiger partial charge in [0.2, 0.25) is 0 Å². The van der Waals surface area contributed by atoms with Gasteiger partial charge in [0, 0.05) is 42.9 Å². The first-order chi connectivity index (χ1) is 17.4. The monoisotopic (exact) mass is 514 g/mol. The maximum Gasteiger partial charge on any atom is 0.338 e.